The van der Waals surface area contributed by atoms with Crippen molar-refractivity contribution < 1.29 is 4.79 Å². The molecule has 2 aromatic carbocycles. The van der Waals surface area contributed by atoms with Gasteiger partial charge in [-0.3, -0.25) is 4.79 Å². The summed E-state index contributed by atoms with van der Waals surface area (Å²) in [6.45, 7) is 1.98. The molecule has 0 fully saturated rings. The molecule has 0 aromatic heterocycles. The minimum atomic E-state index is -0.380. The molecule has 0 unspecified atom stereocenters. The summed E-state index contributed by atoms with van der Waals surface area (Å²) in [4.78, 5) is 12.1. The lowest BCUT2D eigenvalue weighted by molar-refractivity contribution is 0.0979. The van der Waals surface area contributed by atoms with Crippen LogP contribution in [0.25, 0.3) is 0 Å². The number of aryl methyl sites for hydroxylation is 1. The van der Waals surface area contributed by atoms with E-state index in [2.05, 4.69) is 6.07 Å². The van der Waals surface area contributed by atoms with Crippen LogP contribution in [0.1, 0.15) is 33.8 Å². The molecule has 94 valence electrons. The van der Waals surface area contributed by atoms with Gasteiger partial charge in [-0.2, -0.15) is 5.26 Å². The van der Waals surface area contributed by atoms with Crippen molar-refractivity contribution in [3.63, 3.8) is 0 Å². The van der Waals surface area contributed by atoms with Crippen molar-refractivity contribution in [3.8, 4) is 6.07 Å². The highest BCUT2D eigenvalue weighted by Gasteiger charge is 2.16. The Hall–Kier alpha value is -2.40. The SMILES string of the molecule is Cc1ccc(C(=O)C[C@@H](C#N)c2ccccc2)cc1. The van der Waals surface area contributed by atoms with E-state index < -0.39 is 0 Å². The van der Waals surface area contributed by atoms with Crippen LogP contribution < -0.4 is 0 Å². The van der Waals surface area contributed by atoms with Crippen molar-refractivity contribution >= 4 is 5.78 Å². The highest BCUT2D eigenvalue weighted by molar-refractivity contribution is 5.96. The first kappa shape index (κ1) is 13.0. The zero-order valence-corrected chi connectivity index (χ0v) is 10.8. The van der Waals surface area contributed by atoms with E-state index in [9.17, 15) is 10.1 Å². The number of ketones is 1. The Labute approximate surface area is 113 Å². The summed E-state index contributed by atoms with van der Waals surface area (Å²) >= 11 is 0. The fraction of sp³-hybridized carbons (Fsp3) is 0.176. The second kappa shape index (κ2) is 5.97. The fourth-order valence-electron chi connectivity index (χ4n) is 1.97. The van der Waals surface area contributed by atoms with Crippen LogP contribution in [0.4, 0.5) is 0 Å². The lowest BCUT2D eigenvalue weighted by Crippen LogP contribution is -2.06. The number of rotatable bonds is 4. The van der Waals surface area contributed by atoms with E-state index in [4.69, 9.17) is 0 Å². The first-order valence-electron chi connectivity index (χ1n) is 6.25. The van der Waals surface area contributed by atoms with Gasteiger partial charge in [0.15, 0.2) is 5.78 Å². The van der Waals surface area contributed by atoms with Gasteiger partial charge >= 0.3 is 0 Å². The molecule has 2 nitrogen and oxygen atoms in total. The smallest absolute Gasteiger partial charge is 0.164 e. The fourth-order valence-corrected chi connectivity index (χ4v) is 1.97. The van der Waals surface area contributed by atoms with E-state index >= 15 is 0 Å². The van der Waals surface area contributed by atoms with Gasteiger partial charge in [-0.15, -0.1) is 0 Å². The van der Waals surface area contributed by atoms with Crippen molar-refractivity contribution in [1.82, 2.24) is 0 Å². The number of nitriles is 1. The van der Waals surface area contributed by atoms with Crippen LogP contribution in [-0.4, -0.2) is 5.78 Å². The van der Waals surface area contributed by atoms with Crippen LogP contribution >= 0.6 is 0 Å². The number of carbonyl (C=O) groups is 1. The molecule has 2 rings (SSSR count). The molecule has 2 aromatic rings. The summed E-state index contributed by atoms with van der Waals surface area (Å²) in [7, 11) is 0. The maximum absolute atomic E-state index is 12.1. The molecule has 0 radical (unpaired) electrons. The molecule has 0 saturated heterocycles. The van der Waals surface area contributed by atoms with Crippen molar-refractivity contribution in [2.75, 3.05) is 0 Å². The summed E-state index contributed by atoms with van der Waals surface area (Å²) in [5, 5.41) is 9.22. The second-order valence-electron chi connectivity index (χ2n) is 4.59. The van der Waals surface area contributed by atoms with Crippen LogP contribution in [0.3, 0.4) is 0 Å². The van der Waals surface area contributed by atoms with Crippen LogP contribution in [0.2, 0.25) is 0 Å². The zero-order valence-electron chi connectivity index (χ0n) is 10.8. The standard InChI is InChI=1S/C17H15NO/c1-13-7-9-15(10-8-13)17(19)11-16(12-18)14-5-3-2-4-6-14/h2-10,16H,11H2,1H3/t16-/m0/s1. The van der Waals surface area contributed by atoms with Crippen LogP contribution in [0, 0.1) is 18.3 Å². The van der Waals surface area contributed by atoms with E-state index in [0.29, 0.717) is 5.56 Å². The molecule has 0 saturated carbocycles. The van der Waals surface area contributed by atoms with Crippen molar-refractivity contribution in [2.24, 2.45) is 0 Å². The Morgan fingerprint density at radius 1 is 1.11 bits per heavy atom. The molecule has 0 spiro atoms. The van der Waals surface area contributed by atoms with Gasteiger partial charge in [0, 0.05) is 12.0 Å². The highest BCUT2D eigenvalue weighted by atomic mass is 16.1. The Kier molecular flexibility index (Phi) is 4.10. The third-order valence-electron chi connectivity index (χ3n) is 3.12. The second-order valence-corrected chi connectivity index (χ2v) is 4.59. The molecule has 0 bridgehead atoms. The van der Waals surface area contributed by atoms with Crippen LogP contribution in [0.5, 0.6) is 0 Å². The summed E-state index contributed by atoms with van der Waals surface area (Å²) in [5.74, 6) is -0.370. The minimum Gasteiger partial charge on any atom is -0.294 e. The average molecular weight is 249 g/mol. The Balaban J connectivity index is 2.13. The predicted molar refractivity (Wildman–Crippen MR) is 74.9 cm³/mol. The predicted octanol–water partition coefficient (Wildman–Crippen LogP) is 3.88. The molecular formula is C17H15NO. The van der Waals surface area contributed by atoms with Gasteiger partial charge in [0.2, 0.25) is 0 Å². The van der Waals surface area contributed by atoms with E-state index in [1.807, 2.05) is 61.5 Å². The quantitative estimate of drug-likeness (QED) is 0.772. The number of benzene rings is 2. The lowest BCUT2D eigenvalue weighted by Gasteiger charge is -2.08. The first-order valence-corrected chi connectivity index (χ1v) is 6.25. The Bertz CT molecular complexity index is 593. The molecule has 19 heavy (non-hydrogen) atoms. The third-order valence-corrected chi connectivity index (χ3v) is 3.12. The van der Waals surface area contributed by atoms with Gasteiger partial charge in [0.05, 0.1) is 12.0 Å². The molecule has 0 aliphatic carbocycles. The van der Waals surface area contributed by atoms with Gasteiger partial charge < -0.3 is 0 Å². The number of Topliss-reactive ketones (excluding diaryl/α,β-unsaturated/α-hetero) is 1. The first-order chi connectivity index (χ1) is 9.20. The van der Waals surface area contributed by atoms with Crippen molar-refractivity contribution in [3.05, 3.63) is 71.3 Å². The zero-order chi connectivity index (χ0) is 13.7. The molecule has 0 aliphatic heterocycles. The lowest BCUT2D eigenvalue weighted by atomic mass is 9.92. The Morgan fingerprint density at radius 3 is 2.32 bits per heavy atom. The maximum Gasteiger partial charge on any atom is 0.164 e. The summed E-state index contributed by atoms with van der Waals surface area (Å²) in [6.07, 6.45) is 0.226. The third kappa shape index (κ3) is 3.29. The molecule has 1 atom stereocenters. The number of nitrogens with zero attached hydrogens (tertiary/aromatic N) is 1. The Morgan fingerprint density at radius 2 is 1.74 bits per heavy atom. The van der Waals surface area contributed by atoms with E-state index in [0.717, 1.165) is 11.1 Å². The van der Waals surface area contributed by atoms with Crippen molar-refractivity contribution in [1.29, 1.82) is 5.26 Å². The highest BCUT2D eigenvalue weighted by Crippen LogP contribution is 2.21. The average Bonchev–Trinajstić information content (AvgIpc) is 2.46. The van der Waals surface area contributed by atoms with Gasteiger partial charge in [-0.05, 0) is 12.5 Å². The summed E-state index contributed by atoms with van der Waals surface area (Å²) in [5.41, 5.74) is 2.68. The monoisotopic (exact) mass is 249 g/mol. The van der Waals surface area contributed by atoms with Gasteiger partial charge in [-0.1, -0.05) is 60.2 Å². The van der Waals surface area contributed by atoms with Gasteiger partial charge in [-0.25, -0.2) is 0 Å². The minimum absolute atomic E-state index is 0.00963. The van der Waals surface area contributed by atoms with E-state index in [-0.39, 0.29) is 18.1 Å². The molecule has 0 N–H and O–H groups in total. The van der Waals surface area contributed by atoms with E-state index in [1.54, 1.807) is 0 Å². The normalized spacial score (nSPS) is 11.6. The number of carbonyl (C=O) groups excluding carboxylic acids is 1. The van der Waals surface area contributed by atoms with Crippen LogP contribution in [-0.2, 0) is 0 Å². The van der Waals surface area contributed by atoms with E-state index in [1.165, 1.54) is 0 Å². The molecule has 0 aliphatic rings. The van der Waals surface area contributed by atoms with Crippen molar-refractivity contribution in [2.45, 2.75) is 19.3 Å². The maximum atomic E-state index is 12.1. The molecule has 0 amide bonds. The summed E-state index contributed by atoms with van der Waals surface area (Å²) in [6, 6.07) is 19.1. The van der Waals surface area contributed by atoms with Gasteiger partial charge in [0.25, 0.3) is 0 Å². The topological polar surface area (TPSA) is 40.9 Å². The summed E-state index contributed by atoms with van der Waals surface area (Å²) < 4.78 is 0. The largest absolute Gasteiger partial charge is 0.294 e. The van der Waals surface area contributed by atoms with Gasteiger partial charge in [0.1, 0.15) is 0 Å². The molecule has 0 heterocycles. The molecule has 2 heteroatoms. The number of hydrogen-bond donors (Lipinski definition) is 0. The number of hydrogen-bond acceptors (Lipinski definition) is 2. The molecular weight excluding hydrogens is 234 g/mol. The van der Waals surface area contributed by atoms with Crippen LogP contribution in [0.15, 0.2) is 54.6 Å².